The SMILES string of the molecule is CC(C)(CC(N)=O)Nc1ccc([N+](=O)[O-])c2nonc12. The second kappa shape index (κ2) is 4.76. The number of benzene rings is 1. The fourth-order valence-corrected chi connectivity index (χ4v) is 1.95. The fraction of sp³-hybridized carbons (Fsp3) is 0.364. The summed E-state index contributed by atoms with van der Waals surface area (Å²) in [5, 5.41) is 21.1. The Balaban J connectivity index is 2.42. The Morgan fingerprint density at radius 1 is 1.45 bits per heavy atom. The highest BCUT2D eigenvalue weighted by Crippen LogP contribution is 2.30. The van der Waals surface area contributed by atoms with E-state index in [0.717, 1.165) is 0 Å². The van der Waals surface area contributed by atoms with Crippen molar-refractivity contribution < 1.29 is 14.3 Å². The molecule has 2 aromatic rings. The number of rotatable bonds is 5. The van der Waals surface area contributed by atoms with Gasteiger partial charge in [-0.2, -0.15) is 0 Å². The molecule has 0 aliphatic carbocycles. The molecule has 0 aliphatic heterocycles. The lowest BCUT2D eigenvalue weighted by molar-refractivity contribution is -0.383. The molecule has 0 spiro atoms. The van der Waals surface area contributed by atoms with Crippen molar-refractivity contribution in [3.63, 3.8) is 0 Å². The highest BCUT2D eigenvalue weighted by molar-refractivity contribution is 5.93. The number of carbonyl (C=O) groups excluding carboxylic acids is 1. The van der Waals surface area contributed by atoms with Crippen molar-refractivity contribution in [2.75, 3.05) is 5.32 Å². The third kappa shape index (κ3) is 2.66. The Bertz CT molecular complexity index is 679. The van der Waals surface area contributed by atoms with Gasteiger partial charge in [-0.3, -0.25) is 14.9 Å². The smallest absolute Gasteiger partial charge is 0.300 e. The summed E-state index contributed by atoms with van der Waals surface area (Å²) in [6.07, 6.45) is 0.0940. The lowest BCUT2D eigenvalue weighted by Gasteiger charge is -2.25. The van der Waals surface area contributed by atoms with E-state index in [1.54, 1.807) is 13.8 Å². The summed E-state index contributed by atoms with van der Waals surface area (Å²) in [4.78, 5) is 21.3. The van der Waals surface area contributed by atoms with E-state index in [2.05, 4.69) is 20.3 Å². The van der Waals surface area contributed by atoms with Crippen molar-refractivity contribution in [1.29, 1.82) is 0 Å². The standard InChI is InChI=1S/C11H13N5O4/c1-11(2,5-8(12)17)13-6-3-4-7(16(18)19)10-9(6)14-20-15-10/h3-4,13H,5H2,1-2H3,(H2,12,17). The molecule has 0 unspecified atom stereocenters. The zero-order valence-corrected chi connectivity index (χ0v) is 10.9. The monoisotopic (exact) mass is 279 g/mol. The van der Waals surface area contributed by atoms with Gasteiger partial charge in [-0.15, -0.1) is 0 Å². The molecule has 1 aromatic heterocycles. The number of aromatic nitrogens is 2. The number of non-ortho nitro benzene ring substituents is 1. The maximum absolute atomic E-state index is 11.0. The number of anilines is 1. The summed E-state index contributed by atoms with van der Waals surface area (Å²) >= 11 is 0. The number of nitro benzene ring substituents is 1. The summed E-state index contributed by atoms with van der Waals surface area (Å²) in [6, 6.07) is 2.79. The third-order valence-electron chi connectivity index (χ3n) is 2.68. The molecule has 0 fully saturated rings. The summed E-state index contributed by atoms with van der Waals surface area (Å²) in [5.41, 5.74) is 5.12. The van der Waals surface area contributed by atoms with Crippen LogP contribution in [0.1, 0.15) is 20.3 Å². The number of primary amides is 1. The molecule has 1 heterocycles. The molecule has 1 aromatic carbocycles. The Labute approximate surface area is 113 Å². The maximum Gasteiger partial charge on any atom is 0.300 e. The van der Waals surface area contributed by atoms with Gasteiger partial charge in [-0.1, -0.05) is 0 Å². The number of carbonyl (C=O) groups is 1. The second-order valence-electron chi connectivity index (χ2n) is 5.00. The number of nitrogens with zero attached hydrogens (tertiary/aromatic N) is 3. The molecular formula is C11H13N5O4. The van der Waals surface area contributed by atoms with E-state index in [-0.39, 0.29) is 23.1 Å². The van der Waals surface area contributed by atoms with E-state index in [1.165, 1.54) is 12.1 Å². The Kier molecular flexibility index (Phi) is 3.26. The molecule has 9 heteroatoms. The van der Waals surface area contributed by atoms with Gasteiger partial charge in [0.15, 0.2) is 5.52 Å². The predicted molar refractivity (Wildman–Crippen MR) is 70.0 cm³/mol. The van der Waals surface area contributed by atoms with Crippen molar-refractivity contribution in [2.45, 2.75) is 25.8 Å². The van der Waals surface area contributed by atoms with Crippen molar-refractivity contribution in [3.05, 3.63) is 22.2 Å². The van der Waals surface area contributed by atoms with Gasteiger partial charge in [0.05, 0.1) is 10.6 Å². The van der Waals surface area contributed by atoms with Crippen LogP contribution in [0, 0.1) is 10.1 Å². The van der Waals surface area contributed by atoms with E-state index in [0.29, 0.717) is 5.69 Å². The van der Waals surface area contributed by atoms with Crippen LogP contribution in [0.5, 0.6) is 0 Å². The molecule has 0 aliphatic rings. The first-order chi connectivity index (χ1) is 9.30. The van der Waals surface area contributed by atoms with Crippen LogP contribution in [0.15, 0.2) is 16.8 Å². The summed E-state index contributed by atoms with van der Waals surface area (Å²) in [5.74, 6) is -0.459. The van der Waals surface area contributed by atoms with Crippen LogP contribution in [0.3, 0.4) is 0 Å². The van der Waals surface area contributed by atoms with E-state index < -0.39 is 16.4 Å². The largest absolute Gasteiger partial charge is 0.378 e. The molecule has 9 nitrogen and oxygen atoms in total. The lowest BCUT2D eigenvalue weighted by Crippen LogP contribution is -2.36. The molecule has 0 saturated heterocycles. The average Bonchev–Trinajstić information content (AvgIpc) is 2.75. The highest BCUT2D eigenvalue weighted by Gasteiger charge is 2.25. The molecule has 0 bridgehead atoms. The average molecular weight is 279 g/mol. The van der Waals surface area contributed by atoms with Crippen LogP contribution in [0.4, 0.5) is 11.4 Å². The normalized spacial score (nSPS) is 11.5. The number of nitro groups is 1. The van der Waals surface area contributed by atoms with Crippen molar-refractivity contribution in [1.82, 2.24) is 10.3 Å². The van der Waals surface area contributed by atoms with Gasteiger partial charge < -0.3 is 11.1 Å². The Hall–Kier alpha value is -2.71. The molecule has 106 valence electrons. The molecule has 0 saturated carbocycles. The van der Waals surface area contributed by atoms with Gasteiger partial charge >= 0.3 is 5.69 Å². The number of nitrogens with two attached hydrogens (primary N) is 1. The van der Waals surface area contributed by atoms with Gasteiger partial charge in [0, 0.05) is 18.0 Å². The van der Waals surface area contributed by atoms with Crippen LogP contribution >= 0.6 is 0 Å². The first-order valence-electron chi connectivity index (χ1n) is 5.76. The zero-order chi connectivity index (χ0) is 14.9. The van der Waals surface area contributed by atoms with Crippen LogP contribution in [-0.2, 0) is 4.79 Å². The minimum absolute atomic E-state index is 0.0508. The van der Waals surface area contributed by atoms with Crippen LogP contribution in [0.2, 0.25) is 0 Å². The number of amides is 1. The van der Waals surface area contributed by atoms with Crippen LogP contribution in [0.25, 0.3) is 11.0 Å². The highest BCUT2D eigenvalue weighted by atomic mass is 16.6. The topological polar surface area (TPSA) is 137 Å². The van der Waals surface area contributed by atoms with Gasteiger partial charge in [0.1, 0.15) is 0 Å². The van der Waals surface area contributed by atoms with Crippen molar-refractivity contribution >= 4 is 28.3 Å². The third-order valence-corrected chi connectivity index (χ3v) is 2.68. The molecule has 2 rings (SSSR count). The van der Waals surface area contributed by atoms with Gasteiger partial charge in [0.25, 0.3) is 0 Å². The molecule has 0 atom stereocenters. The molecule has 20 heavy (non-hydrogen) atoms. The molecule has 0 radical (unpaired) electrons. The molecule has 3 N–H and O–H groups in total. The quantitative estimate of drug-likeness (QED) is 0.619. The fourth-order valence-electron chi connectivity index (χ4n) is 1.95. The first kappa shape index (κ1) is 13.7. The van der Waals surface area contributed by atoms with Crippen molar-refractivity contribution in [3.8, 4) is 0 Å². The molecular weight excluding hydrogens is 266 g/mol. The first-order valence-corrected chi connectivity index (χ1v) is 5.76. The summed E-state index contributed by atoms with van der Waals surface area (Å²) < 4.78 is 4.56. The van der Waals surface area contributed by atoms with Crippen LogP contribution in [-0.4, -0.2) is 26.7 Å². The minimum atomic E-state index is -0.631. The Morgan fingerprint density at radius 3 is 2.70 bits per heavy atom. The number of hydrogen-bond donors (Lipinski definition) is 2. The summed E-state index contributed by atoms with van der Waals surface area (Å²) in [7, 11) is 0. The lowest BCUT2D eigenvalue weighted by atomic mass is 9.99. The number of nitrogens with one attached hydrogen (secondary N) is 1. The van der Waals surface area contributed by atoms with E-state index in [9.17, 15) is 14.9 Å². The number of hydrogen-bond acceptors (Lipinski definition) is 7. The van der Waals surface area contributed by atoms with Gasteiger partial charge in [-0.25, -0.2) is 4.63 Å². The van der Waals surface area contributed by atoms with E-state index >= 15 is 0 Å². The van der Waals surface area contributed by atoms with E-state index in [1.807, 2.05) is 0 Å². The maximum atomic E-state index is 11.0. The number of fused-ring (bicyclic) bond motifs is 1. The van der Waals surface area contributed by atoms with E-state index in [4.69, 9.17) is 5.73 Å². The minimum Gasteiger partial charge on any atom is -0.378 e. The van der Waals surface area contributed by atoms with Crippen molar-refractivity contribution in [2.24, 2.45) is 5.73 Å². The Morgan fingerprint density at radius 2 is 2.10 bits per heavy atom. The second-order valence-corrected chi connectivity index (χ2v) is 5.00. The van der Waals surface area contributed by atoms with Gasteiger partial charge in [-0.05, 0) is 30.2 Å². The zero-order valence-electron chi connectivity index (χ0n) is 10.9. The predicted octanol–water partition coefficient (Wildman–Crippen LogP) is 1.20. The van der Waals surface area contributed by atoms with Gasteiger partial charge in [0.2, 0.25) is 11.4 Å². The summed E-state index contributed by atoms with van der Waals surface area (Å²) in [6.45, 7) is 3.55. The molecule has 1 amide bonds. The van der Waals surface area contributed by atoms with Crippen LogP contribution < -0.4 is 11.1 Å².